The lowest BCUT2D eigenvalue weighted by molar-refractivity contribution is 0.0963. The lowest BCUT2D eigenvalue weighted by Crippen LogP contribution is -2.19. The predicted molar refractivity (Wildman–Crippen MR) is 107 cm³/mol. The van der Waals surface area contributed by atoms with E-state index < -0.39 is 0 Å². The number of hydrogen-bond donors (Lipinski definition) is 1. The molecule has 0 saturated carbocycles. The molecule has 1 heterocycles. The van der Waals surface area contributed by atoms with E-state index in [-0.39, 0.29) is 5.91 Å². The van der Waals surface area contributed by atoms with Gasteiger partial charge in [0, 0.05) is 36.6 Å². The Balaban J connectivity index is 1.60. The van der Waals surface area contributed by atoms with Crippen LogP contribution in [0.25, 0.3) is 10.6 Å². The van der Waals surface area contributed by atoms with Crippen molar-refractivity contribution in [3.05, 3.63) is 76.3 Å². The average molecular weight is 366 g/mol. The van der Waals surface area contributed by atoms with E-state index >= 15 is 0 Å². The molecule has 4 nitrogen and oxygen atoms in total. The van der Waals surface area contributed by atoms with E-state index in [4.69, 9.17) is 4.98 Å². The normalized spacial score (nSPS) is 10.9. The summed E-state index contributed by atoms with van der Waals surface area (Å²) in [5.41, 5.74) is 5.36. The maximum Gasteiger partial charge on any atom is 0.251 e. The Hall–Kier alpha value is -2.50. The van der Waals surface area contributed by atoms with E-state index in [1.807, 2.05) is 24.3 Å². The van der Waals surface area contributed by atoms with Crippen molar-refractivity contribution in [2.24, 2.45) is 0 Å². The van der Waals surface area contributed by atoms with Gasteiger partial charge in [0.15, 0.2) is 0 Å². The van der Waals surface area contributed by atoms with Crippen LogP contribution in [0.3, 0.4) is 0 Å². The van der Waals surface area contributed by atoms with Crippen molar-refractivity contribution in [3.8, 4) is 10.6 Å². The van der Waals surface area contributed by atoms with E-state index in [9.17, 15) is 4.79 Å². The Labute approximate surface area is 158 Å². The standard InChI is InChI=1S/C21H23N3OS/c1-15-4-8-18(9-5-15)21-23-19(14-26-21)13-24(3)12-16-6-10-17(11-7-16)20(25)22-2/h4-11,14H,12-13H2,1-3H3,(H,22,25). The summed E-state index contributed by atoms with van der Waals surface area (Å²) in [4.78, 5) is 18.6. The first-order valence-corrected chi connectivity index (χ1v) is 9.44. The van der Waals surface area contributed by atoms with Gasteiger partial charge >= 0.3 is 0 Å². The van der Waals surface area contributed by atoms with Crippen molar-refractivity contribution in [1.29, 1.82) is 0 Å². The summed E-state index contributed by atoms with van der Waals surface area (Å²) in [5.74, 6) is -0.0592. The Bertz CT molecular complexity index is 869. The molecule has 0 fully saturated rings. The zero-order chi connectivity index (χ0) is 18.5. The van der Waals surface area contributed by atoms with Gasteiger partial charge in [-0.3, -0.25) is 9.69 Å². The number of rotatable bonds is 6. The highest BCUT2D eigenvalue weighted by Crippen LogP contribution is 2.24. The van der Waals surface area contributed by atoms with Crippen LogP contribution < -0.4 is 5.32 Å². The second-order valence-corrected chi connectivity index (χ2v) is 7.32. The molecule has 1 amide bonds. The average Bonchev–Trinajstić information content (AvgIpc) is 3.10. The van der Waals surface area contributed by atoms with Gasteiger partial charge in [-0.1, -0.05) is 42.0 Å². The minimum atomic E-state index is -0.0592. The second kappa shape index (κ2) is 8.25. The topological polar surface area (TPSA) is 45.2 Å². The minimum absolute atomic E-state index is 0.0592. The first-order chi connectivity index (χ1) is 12.5. The number of aryl methyl sites for hydroxylation is 1. The quantitative estimate of drug-likeness (QED) is 0.715. The summed E-state index contributed by atoms with van der Waals surface area (Å²) in [6, 6.07) is 16.2. The molecule has 1 N–H and O–H groups in total. The number of amides is 1. The molecular weight excluding hydrogens is 342 g/mol. The third kappa shape index (κ3) is 4.56. The number of aromatic nitrogens is 1. The predicted octanol–water partition coefficient (Wildman–Crippen LogP) is 4.11. The first-order valence-electron chi connectivity index (χ1n) is 8.56. The third-order valence-electron chi connectivity index (χ3n) is 4.18. The van der Waals surface area contributed by atoms with Gasteiger partial charge in [-0.2, -0.15) is 0 Å². The summed E-state index contributed by atoms with van der Waals surface area (Å²) in [7, 11) is 3.72. The largest absolute Gasteiger partial charge is 0.355 e. The maximum absolute atomic E-state index is 11.6. The fraction of sp³-hybridized carbons (Fsp3) is 0.238. The zero-order valence-corrected chi connectivity index (χ0v) is 16.1. The zero-order valence-electron chi connectivity index (χ0n) is 15.3. The van der Waals surface area contributed by atoms with E-state index in [2.05, 4.69) is 53.8 Å². The number of nitrogens with zero attached hydrogens (tertiary/aromatic N) is 2. The summed E-state index contributed by atoms with van der Waals surface area (Å²) in [6.45, 7) is 3.69. The smallest absolute Gasteiger partial charge is 0.251 e. The Kier molecular flexibility index (Phi) is 5.81. The molecule has 0 aliphatic carbocycles. The van der Waals surface area contributed by atoms with Crippen LogP contribution in [0, 0.1) is 6.92 Å². The summed E-state index contributed by atoms with van der Waals surface area (Å²) < 4.78 is 0. The number of carbonyl (C=O) groups excluding carboxylic acids is 1. The van der Waals surface area contributed by atoms with Gasteiger partial charge < -0.3 is 5.32 Å². The highest BCUT2D eigenvalue weighted by atomic mass is 32.1. The Morgan fingerprint density at radius 1 is 1.08 bits per heavy atom. The number of benzene rings is 2. The maximum atomic E-state index is 11.6. The number of hydrogen-bond acceptors (Lipinski definition) is 4. The van der Waals surface area contributed by atoms with E-state index in [1.54, 1.807) is 18.4 Å². The van der Waals surface area contributed by atoms with Crippen LogP contribution in [-0.2, 0) is 13.1 Å². The molecule has 0 saturated heterocycles. The van der Waals surface area contributed by atoms with Gasteiger partial charge in [-0.25, -0.2) is 4.98 Å². The molecule has 0 spiro atoms. The Morgan fingerprint density at radius 2 is 1.77 bits per heavy atom. The fourth-order valence-corrected chi connectivity index (χ4v) is 3.58. The molecule has 3 aromatic rings. The molecule has 0 radical (unpaired) electrons. The van der Waals surface area contributed by atoms with Crippen molar-refractivity contribution in [3.63, 3.8) is 0 Å². The molecule has 26 heavy (non-hydrogen) atoms. The van der Waals surface area contributed by atoms with Crippen molar-refractivity contribution in [2.75, 3.05) is 14.1 Å². The SMILES string of the molecule is CNC(=O)c1ccc(CN(C)Cc2csc(-c3ccc(C)cc3)n2)cc1. The molecule has 0 unspecified atom stereocenters. The van der Waals surface area contributed by atoms with E-state index in [0.717, 1.165) is 23.8 Å². The second-order valence-electron chi connectivity index (χ2n) is 6.46. The van der Waals surface area contributed by atoms with E-state index in [1.165, 1.54) is 16.7 Å². The van der Waals surface area contributed by atoms with Crippen molar-refractivity contribution in [1.82, 2.24) is 15.2 Å². The lowest BCUT2D eigenvalue weighted by Gasteiger charge is -2.15. The van der Waals surface area contributed by atoms with Crippen molar-refractivity contribution >= 4 is 17.2 Å². The Morgan fingerprint density at radius 3 is 2.42 bits per heavy atom. The molecular formula is C21H23N3OS. The molecule has 2 aromatic carbocycles. The molecule has 0 atom stereocenters. The molecule has 0 aliphatic rings. The molecule has 5 heteroatoms. The van der Waals surface area contributed by atoms with Gasteiger partial charge in [0.25, 0.3) is 5.91 Å². The molecule has 0 aliphatic heterocycles. The van der Waals surface area contributed by atoms with Crippen molar-refractivity contribution in [2.45, 2.75) is 20.0 Å². The highest BCUT2D eigenvalue weighted by Gasteiger charge is 2.08. The van der Waals surface area contributed by atoms with E-state index in [0.29, 0.717) is 5.56 Å². The van der Waals surface area contributed by atoms with Gasteiger partial charge in [0.2, 0.25) is 0 Å². The van der Waals surface area contributed by atoms with Gasteiger partial charge in [0.1, 0.15) is 5.01 Å². The van der Waals surface area contributed by atoms with Gasteiger partial charge in [-0.05, 0) is 31.7 Å². The summed E-state index contributed by atoms with van der Waals surface area (Å²) in [5, 5.41) is 5.82. The summed E-state index contributed by atoms with van der Waals surface area (Å²) in [6.07, 6.45) is 0. The highest BCUT2D eigenvalue weighted by molar-refractivity contribution is 7.13. The molecule has 3 rings (SSSR count). The number of thiazole rings is 1. The molecule has 134 valence electrons. The fourth-order valence-electron chi connectivity index (χ4n) is 2.76. The van der Waals surface area contributed by atoms with Gasteiger partial charge in [-0.15, -0.1) is 11.3 Å². The number of nitrogens with one attached hydrogen (secondary N) is 1. The van der Waals surface area contributed by atoms with Crippen LogP contribution in [0.4, 0.5) is 0 Å². The first kappa shape index (κ1) is 18.3. The number of carbonyl (C=O) groups is 1. The summed E-state index contributed by atoms with van der Waals surface area (Å²) >= 11 is 1.68. The third-order valence-corrected chi connectivity index (χ3v) is 5.12. The van der Waals surface area contributed by atoms with Crippen LogP contribution in [0.15, 0.2) is 53.9 Å². The molecule has 1 aromatic heterocycles. The van der Waals surface area contributed by atoms with Crippen LogP contribution in [0.2, 0.25) is 0 Å². The van der Waals surface area contributed by atoms with Crippen molar-refractivity contribution < 1.29 is 4.79 Å². The van der Waals surface area contributed by atoms with Gasteiger partial charge in [0.05, 0.1) is 5.69 Å². The lowest BCUT2D eigenvalue weighted by atomic mass is 10.1. The minimum Gasteiger partial charge on any atom is -0.355 e. The molecule has 0 bridgehead atoms. The van der Waals surface area contributed by atoms with Crippen LogP contribution in [-0.4, -0.2) is 29.9 Å². The van der Waals surface area contributed by atoms with Crippen LogP contribution >= 0.6 is 11.3 Å². The van der Waals surface area contributed by atoms with Crippen LogP contribution in [0.1, 0.15) is 27.2 Å². The van der Waals surface area contributed by atoms with Crippen LogP contribution in [0.5, 0.6) is 0 Å². The monoisotopic (exact) mass is 365 g/mol.